The zero-order chi connectivity index (χ0) is 33.6. The van der Waals surface area contributed by atoms with Gasteiger partial charge in [-0.25, -0.2) is 28.7 Å². The van der Waals surface area contributed by atoms with Gasteiger partial charge in [0, 0.05) is 74.9 Å². The Morgan fingerprint density at radius 1 is 0.958 bits per heavy atom. The van der Waals surface area contributed by atoms with E-state index in [4.69, 9.17) is 4.74 Å². The van der Waals surface area contributed by atoms with Gasteiger partial charge in [0.2, 0.25) is 5.95 Å². The molecule has 13 heteroatoms. The van der Waals surface area contributed by atoms with E-state index in [1.807, 2.05) is 30.5 Å². The Morgan fingerprint density at radius 3 is 2.48 bits per heavy atom. The maximum absolute atomic E-state index is 15.3. The summed E-state index contributed by atoms with van der Waals surface area (Å²) in [4.78, 5) is 34.2. The van der Waals surface area contributed by atoms with E-state index in [2.05, 4.69) is 59.4 Å². The van der Waals surface area contributed by atoms with E-state index in [1.165, 1.54) is 13.2 Å². The molecule has 6 rings (SSSR count). The largest absolute Gasteiger partial charge is 0.469 e. The van der Waals surface area contributed by atoms with Crippen LogP contribution < -0.4 is 10.6 Å². The molecule has 0 bridgehead atoms. The average molecular weight is 656 g/mol. The van der Waals surface area contributed by atoms with Crippen molar-refractivity contribution in [2.75, 3.05) is 50.5 Å². The molecule has 0 radical (unpaired) electrons. The lowest BCUT2D eigenvalue weighted by atomic mass is 10.1. The van der Waals surface area contributed by atoms with Crippen molar-refractivity contribution in [3.63, 3.8) is 0 Å². The molecule has 0 saturated carbocycles. The van der Waals surface area contributed by atoms with E-state index in [0.29, 0.717) is 23.7 Å². The van der Waals surface area contributed by atoms with Gasteiger partial charge in [-0.05, 0) is 31.2 Å². The van der Waals surface area contributed by atoms with E-state index < -0.39 is 17.6 Å². The van der Waals surface area contributed by atoms with Gasteiger partial charge >= 0.3 is 5.97 Å². The number of rotatable bonds is 12. The van der Waals surface area contributed by atoms with Crippen LogP contribution in [-0.2, 0) is 29.2 Å². The second-order valence-corrected chi connectivity index (χ2v) is 11.8. The summed E-state index contributed by atoms with van der Waals surface area (Å²) in [7, 11) is 1.31. The minimum Gasteiger partial charge on any atom is -0.469 e. The molecule has 5 aromatic rings. The van der Waals surface area contributed by atoms with Gasteiger partial charge in [-0.3, -0.25) is 9.69 Å². The van der Waals surface area contributed by atoms with E-state index in [-0.39, 0.29) is 35.7 Å². The number of halogens is 2. The molecule has 0 aliphatic carbocycles. The zero-order valence-electron chi connectivity index (χ0n) is 27.3. The first kappa shape index (κ1) is 32.9. The number of methoxy groups -OCH3 is 1. The molecule has 1 fully saturated rings. The number of nitrogens with zero attached hydrogens (tertiary/aromatic N) is 7. The second kappa shape index (κ2) is 14.8. The van der Waals surface area contributed by atoms with Crippen molar-refractivity contribution >= 4 is 34.5 Å². The molecule has 2 aromatic carbocycles. The summed E-state index contributed by atoms with van der Waals surface area (Å²) in [5, 5.41) is 6.67. The molecule has 1 aliphatic rings. The van der Waals surface area contributed by atoms with Crippen molar-refractivity contribution in [2.45, 2.75) is 39.9 Å². The highest BCUT2D eigenvalue weighted by atomic mass is 19.1. The van der Waals surface area contributed by atoms with Gasteiger partial charge < -0.3 is 24.8 Å². The van der Waals surface area contributed by atoms with Crippen molar-refractivity contribution in [1.29, 1.82) is 0 Å². The molecule has 2 N–H and O–H groups in total. The number of benzene rings is 2. The Kier molecular flexibility index (Phi) is 10.2. The number of hydrogen-bond acceptors (Lipinski definition) is 10. The maximum atomic E-state index is 15.3. The van der Waals surface area contributed by atoms with Crippen molar-refractivity contribution < 1.29 is 18.3 Å². The van der Waals surface area contributed by atoms with E-state index >= 15 is 8.78 Å². The molecule has 0 unspecified atom stereocenters. The third-order valence-electron chi connectivity index (χ3n) is 8.64. The van der Waals surface area contributed by atoms with Crippen LogP contribution in [0, 0.1) is 18.6 Å². The van der Waals surface area contributed by atoms with Crippen LogP contribution in [0.5, 0.6) is 0 Å². The van der Waals surface area contributed by atoms with Crippen LogP contribution in [-0.4, -0.2) is 80.1 Å². The number of piperazine rings is 1. The van der Waals surface area contributed by atoms with Gasteiger partial charge in [0.05, 0.1) is 25.2 Å². The lowest BCUT2D eigenvalue weighted by molar-refractivity contribution is -0.140. The van der Waals surface area contributed by atoms with Gasteiger partial charge in [-0.1, -0.05) is 37.3 Å². The standard InChI is InChI=1S/C35H39F2N9O2/c1-4-44-12-14-45(15-13-44)22-26-20-39-31(18-29(26)38-19-24-8-6-5-7-9-24)42-35-40-21-28(37)33(43-35)25-16-27(36)34-30(17-25)46(23(2)41-34)11-10-32(47)48-3/h5-9,16-18,20-21H,4,10-15,19,22H2,1-3H3,(H2,38,39,40,42,43). The molecule has 4 heterocycles. The van der Waals surface area contributed by atoms with E-state index in [9.17, 15) is 4.79 Å². The van der Waals surface area contributed by atoms with Crippen LogP contribution in [0.15, 0.2) is 60.9 Å². The lowest BCUT2D eigenvalue weighted by Crippen LogP contribution is -2.45. The number of imidazole rings is 1. The van der Waals surface area contributed by atoms with Crippen LogP contribution in [0.25, 0.3) is 22.3 Å². The highest BCUT2D eigenvalue weighted by Crippen LogP contribution is 2.30. The number of aromatic nitrogens is 5. The molecule has 11 nitrogen and oxygen atoms in total. The van der Waals surface area contributed by atoms with Crippen LogP contribution in [0.4, 0.5) is 26.2 Å². The highest BCUT2D eigenvalue weighted by molar-refractivity contribution is 5.83. The third-order valence-corrected chi connectivity index (χ3v) is 8.64. The molecular weight excluding hydrogens is 616 g/mol. The summed E-state index contributed by atoms with van der Waals surface area (Å²) >= 11 is 0. The first-order chi connectivity index (χ1) is 23.3. The smallest absolute Gasteiger partial charge is 0.307 e. The quantitative estimate of drug-likeness (QED) is 0.166. The Labute approximate surface area is 278 Å². The summed E-state index contributed by atoms with van der Waals surface area (Å²) in [6.07, 6.45) is 2.97. The minimum atomic E-state index is -0.714. The number of likely N-dealkylation sites (N-methyl/N-ethyl adjacent to an activating group) is 1. The van der Waals surface area contributed by atoms with Crippen LogP contribution >= 0.6 is 0 Å². The third kappa shape index (κ3) is 7.58. The highest BCUT2D eigenvalue weighted by Gasteiger charge is 2.20. The van der Waals surface area contributed by atoms with Gasteiger partial charge in [0.15, 0.2) is 11.6 Å². The fraction of sp³-hybridized carbons (Fsp3) is 0.343. The molecular formula is C35H39F2N9O2. The minimum absolute atomic E-state index is 0.0774. The summed E-state index contributed by atoms with van der Waals surface area (Å²) < 4.78 is 36.9. The second-order valence-electron chi connectivity index (χ2n) is 11.8. The first-order valence-corrected chi connectivity index (χ1v) is 16.1. The predicted molar refractivity (Wildman–Crippen MR) is 181 cm³/mol. The van der Waals surface area contributed by atoms with Crippen LogP contribution in [0.1, 0.15) is 30.3 Å². The van der Waals surface area contributed by atoms with Crippen molar-refractivity contribution in [1.82, 2.24) is 34.3 Å². The fourth-order valence-corrected chi connectivity index (χ4v) is 5.91. The van der Waals surface area contributed by atoms with Gasteiger partial charge in [-0.15, -0.1) is 0 Å². The number of carbonyl (C=O) groups is 1. The number of pyridine rings is 1. The summed E-state index contributed by atoms with van der Waals surface area (Å²) in [6, 6.07) is 14.9. The van der Waals surface area contributed by atoms with Crippen LogP contribution in [0.3, 0.4) is 0 Å². The SMILES string of the molecule is CCN1CCN(Cc2cnc(Nc3ncc(F)c(-c4cc(F)c5nc(C)n(CCC(=O)OC)c5c4)n3)cc2NCc2ccccc2)CC1. The lowest BCUT2D eigenvalue weighted by Gasteiger charge is -2.34. The number of hydrogen-bond donors (Lipinski definition) is 2. The van der Waals surface area contributed by atoms with Crippen molar-refractivity contribution in [3.05, 3.63) is 89.5 Å². The molecule has 0 amide bonds. The van der Waals surface area contributed by atoms with E-state index in [0.717, 1.165) is 62.3 Å². The number of esters is 1. The van der Waals surface area contributed by atoms with Gasteiger partial charge in [0.25, 0.3) is 0 Å². The van der Waals surface area contributed by atoms with Crippen LogP contribution in [0.2, 0.25) is 0 Å². The zero-order valence-corrected chi connectivity index (χ0v) is 27.3. The summed E-state index contributed by atoms with van der Waals surface area (Å²) in [5.74, 6) is -0.649. The topological polar surface area (TPSA) is 113 Å². The molecule has 250 valence electrons. The molecule has 0 spiro atoms. The molecule has 1 saturated heterocycles. The Balaban J connectivity index is 1.27. The molecule has 1 aliphatic heterocycles. The number of anilines is 3. The van der Waals surface area contributed by atoms with E-state index in [1.54, 1.807) is 17.6 Å². The molecule has 3 aromatic heterocycles. The first-order valence-electron chi connectivity index (χ1n) is 16.1. The molecule has 48 heavy (non-hydrogen) atoms. The number of fused-ring (bicyclic) bond motifs is 1. The van der Waals surface area contributed by atoms with Crippen molar-refractivity contribution in [2.24, 2.45) is 0 Å². The number of aryl methyl sites for hydroxylation is 2. The number of carbonyl (C=O) groups excluding carboxylic acids is 1. The average Bonchev–Trinajstić information content (AvgIpc) is 3.43. The number of nitrogens with one attached hydrogen (secondary N) is 2. The Hall–Kier alpha value is -5.01. The Morgan fingerprint density at radius 2 is 1.73 bits per heavy atom. The number of ether oxygens (including phenoxy) is 1. The molecule has 0 atom stereocenters. The maximum Gasteiger partial charge on any atom is 0.307 e. The van der Waals surface area contributed by atoms with Gasteiger partial charge in [-0.2, -0.15) is 0 Å². The Bertz CT molecular complexity index is 1890. The summed E-state index contributed by atoms with van der Waals surface area (Å²) in [5.41, 5.74) is 3.78. The van der Waals surface area contributed by atoms with Crippen molar-refractivity contribution in [3.8, 4) is 11.3 Å². The fourth-order valence-electron chi connectivity index (χ4n) is 5.91. The normalized spacial score (nSPS) is 13.9. The van der Waals surface area contributed by atoms with Gasteiger partial charge in [0.1, 0.15) is 22.9 Å². The monoisotopic (exact) mass is 655 g/mol. The summed E-state index contributed by atoms with van der Waals surface area (Å²) in [6.45, 7) is 10.6. The predicted octanol–water partition coefficient (Wildman–Crippen LogP) is 5.53.